The Morgan fingerprint density at radius 1 is 1.23 bits per heavy atom. The number of nitriles is 1. The molecule has 0 amide bonds. The zero-order valence-electron chi connectivity index (χ0n) is 8.09. The van der Waals surface area contributed by atoms with Crippen molar-refractivity contribution in [2.45, 2.75) is 26.7 Å². The van der Waals surface area contributed by atoms with E-state index >= 15 is 0 Å². The van der Waals surface area contributed by atoms with Gasteiger partial charge in [-0.25, -0.2) is 0 Å². The summed E-state index contributed by atoms with van der Waals surface area (Å²) >= 11 is 0. The zero-order valence-corrected chi connectivity index (χ0v) is 8.09. The fraction of sp³-hybridized carbons (Fsp3) is 0.364. The second-order valence-electron chi connectivity index (χ2n) is 3.03. The summed E-state index contributed by atoms with van der Waals surface area (Å²) in [6.45, 7) is 4.19. The third-order valence-electron chi connectivity index (χ3n) is 2.25. The molecule has 0 spiro atoms. The van der Waals surface area contributed by atoms with Crippen LogP contribution in [0.3, 0.4) is 0 Å². The fourth-order valence-corrected chi connectivity index (χ4v) is 1.46. The molecule has 0 aliphatic heterocycles. The number of benzene rings is 1. The van der Waals surface area contributed by atoms with E-state index in [0.29, 0.717) is 11.3 Å². The molecule has 0 heterocycles. The SMILES string of the molecule is CCc1cc(N)c(C#N)cc1CC. The summed E-state index contributed by atoms with van der Waals surface area (Å²) in [4.78, 5) is 0. The Morgan fingerprint density at radius 3 is 2.23 bits per heavy atom. The first kappa shape index (κ1) is 9.60. The van der Waals surface area contributed by atoms with Gasteiger partial charge in [0.2, 0.25) is 0 Å². The number of anilines is 1. The van der Waals surface area contributed by atoms with E-state index in [4.69, 9.17) is 11.0 Å². The molecule has 0 saturated carbocycles. The van der Waals surface area contributed by atoms with Gasteiger partial charge in [-0.3, -0.25) is 0 Å². The molecule has 1 aromatic rings. The van der Waals surface area contributed by atoms with E-state index in [0.717, 1.165) is 12.8 Å². The van der Waals surface area contributed by atoms with Crippen LogP contribution < -0.4 is 5.73 Å². The Hall–Kier alpha value is -1.49. The highest BCUT2D eigenvalue weighted by Crippen LogP contribution is 2.19. The fourth-order valence-electron chi connectivity index (χ4n) is 1.46. The molecule has 2 nitrogen and oxygen atoms in total. The van der Waals surface area contributed by atoms with Crippen LogP contribution in [0.2, 0.25) is 0 Å². The molecule has 0 aliphatic rings. The van der Waals surface area contributed by atoms with Crippen molar-refractivity contribution in [3.8, 4) is 6.07 Å². The molecule has 0 fully saturated rings. The number of nitrogen functional groups attached to an aromatic ring is 1. The minimum atomic E-state index is 0.592. The average Bonchev–Trinajstić information content (AvgIpc) is 2.17. The van der Waals surface area contributed by atoms with E-state index in [1.165, 1.54) is 11.1 Å². The molecular formula is C11H14N2. The Labute approximate surface area is 79.0 Å². The maximum atomic E-state index is 8.77. The minimum absolute atomic E-state index is 0.592. The van der Waals surface area contributed by atoms with Gasteiger partial charge in [0, 0.05) is 5.69 Å². The summed E-state index contributed by atoms with van der Waals surface area (Å²) in [5, 5.41) is 8.77. The molecule has 13 heavy (non-hydrogen) atoms. The summed E-state index contributed by atoms with van der Waals surface area (Å²) in [5.41, 5.74) is 9.37. The predicted octanol–water partition coefficient (Wildman–Crippen LogP) is 2.27. The largest absolute Gasteiger partial charge is 0.398 e. The first-order chi connectivity index (χ1) is 6.22. The standard InChI is InChI=1S/C11H14N2/c1-3-8-5-10(7-12)11(13)6-9(8)4-2/h5-6H,3-4,13H2,1-2H3. The molecule has 0 radical (unpaired) electrons. The third kappa shape index (κ3) is 1.81. The number of rotatable bonds is 2. The van der Waals surface area contributed by atoms with Crippen molar-refractivity contribution in [3.05, 3.63) is 28.8 Å². The van der Waals surface area contributed by atoms with Gasteiger partial charge in [0.15, 0.2) is 0 Å². The highest BCUT2D eigenvalue weighted by atomic mass is 14.6. The van der Waals surface area contributed by atoms with Crippen molar-refractivity contribution >= 4 is 5.69 Å². The number of aryl methyl sites for hydroxylation is 2. The van der Waals surface area contributed by atoms with Crippen LogP contribution in [0.1, 0.15) is 30.5 Å². The van der Waals surface area contributed by atoms with Crippen molar-refractivity contribution in [1.82, 2.24) is 0 Å². The monoisotopic (exact) mass is 174 g/mol. The third-order valence-corrected chi connectivity index (χ3v) is 2.25. The van der Waals surface area contributed by atoms with Crippen LogP contribution in [0.25, 0.3) is 0 Å². The van der Waals surface area contributed by atoms with E-state index in [2.05, 4.69) is 19.9 Å². The molecule has 0 saturated heterocycles. The Bertz CT molecular complexity index is 348. The van der Waals surface area contributed by atoms with E-state index in [9.17, 15) is 0 Å². The Kier molecular flexibility index (Phi) is 2.92. The molecular weight excluding hydrogens is 160 g/mol. The Balaban J connectivity index is 3.28. The first-order valence-corrected chi connectivity index (χ1v) is 4.54. The van der Waals surface area contributed by atoms with Crippen LogP contribution in [0.4, 0.5) is 5.69 Å². The molecule has 1 aromatic carbocycles. The summed E-state index contributed by atoms with van der Waals surface area (Å²) < 4.78 is 0. The van der Waals surface area contributed by atoms with Crippen molar-refractivity contribution in [1.29, 1.82) is 5.26 Å². The van der Waals surface area contributed by atoms with Crippen molar-refractivity contribution in [2.75, 3.05) is 5.73 Å². The topological polar surface area (TPSA) is 49.8 Å². The molecule has 2 N–H and O–H groups in total. The van der Waals surface area contributed by atoms with Gasteiger partial charge in [-0.1, -0.05) is 13.8 Å². The average molecular weight is 174 g/mol. The summed E-state index contributed by atoms with van der Waals surface area (Å²) in [6, 6.07) is 5.91. The van der Waals surface area contributed by atoms with Gasteiger partial charge < -0.3 is 5.73 Å². The molecule has 0 aliphatic carbocycles. The molecule has 1 rings (SSSR count). The van der Waals surface area contributed by atoms with Crippen LogP contribution in [0.5, 0.6) is 0 Å². The molecule has 2 heteroatoms. The summed E-state index contributed by atoms with van der Waals surface area (Å²) in [6.07, 6.45) is 1.93. The predicted molar refractivity (Wildman–Crippen MR) is 54.3 cm³/mol. The van der Waals surface area contributed by atoms with Crippen LogP contribution in [0, 0.1) is 11.3 Å². The number of hydrogen-bond acceptors (Lipinski definition) is 2. The molecule has 0 unspecified atom stereocenters. The van der Waals surface area contributed by atoms with Gasteiger partial charge in [-0.15, -0.1) is 0 Å². The van der Waals surface area contributed by atoms with Gasteiger partial charge in [-0.2, -0.15) is 5.26 Å². The van der Waals surface area contributed by atoms with Crippen molar-refractivity contribution in [2.24, 2.45) is 0 Å². The van der Waals surface area contributed by atoms with Gasteiger partial charge >= 0.3 is 0 Å². The van der Waals surface area contributed by atoms with Gasteiger partial charge in [-0.05, 0) is 36.1 Å². The zero-order chi connectivity index (χ0) is 9.84. The summed E-state index contributed by atoms with van der Waals surface area (Å²) in [5.74, 6) is 0. The van der Waals surface area contributed by atoms with Crippen LogP contribution in [0.15, 0.2) is 12.1 Å². The van der Waals surface area contributed by atoms with Crippen molar-refractivity contribution < 1.29 is 0 Å². The van der Waals surface area contributed by atoms with Crippen LogP contribution >= 0.6 is 0 Å². The normalized spacial score (nSPS) is 9.62. The maximum Gasteiger partial charge on any atom is 0.101 e. The van der Waals surface area contributed by atoms with Gasteiger partial charge in [0.1, 0.15) is 6.07 Å². The van der Waals surface area contributed by atoms with Gasteiger partial charge in [0.05, 0.1) is 5.56 Å². The summed E-state index contributed by atoms with van der Waals surface area (Å²) in [7, 11) is 0. The molecule has 68 valence electrons. The second-order valence-corrected chi connectivity index (χ2v) is 3.03. The van der Waals surface area contributed by atoms with E-state index in [1.54, 1.807) is 0 Å². The maximum absolute atomic E-state index is 8.77. The highest BCUT2D eigenvalue weighted by molar-refractivity contribution is 5.57. The molecule has 0 bridgehead atoms. The quantitative estimate of drug-likeness (QED) is 0.699. The van der Waals surface area contributed by atoms with Gasteiger partial charge in [0.25, 0.3) is 0 Å². The smallest absolute Gasteiger partial charge is 0.101 e. The van der Waals surface area contributed by atoms with E-state index in [-0.39, 0.29) is 0 Å². The lowest BCUT2D eigenvalue weighted by Gasteiger charge is -2.07. The number of hydrogen-bond donors (Lipinski definition) is 1. The number of nitrogens with two attached hydrogens (primary N) is 1. The van der Waals surface area contributed by atoms with E-state index < -0.39 is 0 Å². The van der Waals surface area contributed by atoms with E-state index in [1.807, 2.05) is 12.1 Å². The number of nitrogens with zero attached hydrogens (tertiary/aromatic N) is 1. The molecule has 0 aromatic heterocycles. The Morgan fingerprint density at radius 2 is 1.77 bits per heavy atom. The van der Waals surface area contributed by atoms with Crippen molar-refractivity contribution in [3.63, 3.8) is 0 Å². The lowest BCUT2D eigenvalue weighted by atomic mass is 9.99. The lowest BCUT2D eigenvalue weighted by molar-refractivity contribution is 1.04. The lowest BCUT2D eigenvalue weighted by Crippen LogP contribution is -1.97. The first-order valence-electron chi connectivity index (χ1n) is 4.54. The second kappa shape index (κ2) is 3.95. The highest BCUT2D eigenvalue weighted by Gasteiger charge is 2.04. The van der Waals surface area contributed by atoms with Crippen LogP contribution in [-0.2, 0) is 12.8 Å². The van der Waals surface area contributed by atoms with Crippen LogP contribution in [-0.4, -0.2) is 0 Å². The molecule has 0 atom stereocenters. The minimum Gasteiger partial charge on any atom is -0.398 e.